The standard InChI is InChI=1S/C17H24Cl2N2O/c1-21(2)11-4-3-10-20-16(22)17(8-5-9-17)14-7-6-13(18)12-15(14)19/h6-7,12H,3-5,8-11H2,1-2H3,(H,20,22). The second-order valence-electron chi connectivity index (χ2n) is 6.33. The van der Waals surface area contributed by atoms with Gasteiger partial charge < -0.3 is 10.2 Å². The number of nitrogens with one attached hydrogen (secondary N) is 1. The lowest BCUT2D eigenvalue weighted by atomic mass is 9.63. The second-order valence-corrected chi connectivity index (χ2v) is 7.17. The number of carbonyl (C=O) groups is 1. The van der Waals surface area contributed by atoms with Crippen molar-refractivity contribution in [1.82, 2.24) is 10.2 Å². The van der Waals surface area contributed by atoms with E-state index in [9.17, 15) is 4.79 Å². The first-order valence-electron chi connectivity index (χ1n) is 7.84. The van der Waals surface area contributed by atoms with Crippen LogP contribution in [0.4, 0.5) is 0 Å². The molecule has 2 rings (SSSR count). The van der Waals surface area contributed by atoms with Crippen LogP contribution in [0.1, 0.15) is 37.7 Å². The minimum atomic E-state index is -0.455. The van der Waals surface area contributed by atoms with Crippen LogP contribution in [-0.2, 0) is 10.2 Å². The molecule has 22 heavy (non-hydrogen) atoms. The topological polar surface area (TPSA) is 32.3 Å². The first-order valence-corrected chi connectivity index (χ1v) is 8.60. The Morgan fingerprint density at radius 3 is 2.55 bits per heavy atom. The molecule has 1 amide bonds. The molecule has 0 atom stereocenters. The Morgan fingerprint density at radius 2 is 2.00 bits per heavy atom. The summed E-state index contributed by atoms with van der Waals surface area (Å²) in [6.07, 6.45) is 4.86. The molecule has 1 saturated carbocycles. The molecule has 1 aromatic rings. The molecule has 0 heterocycles. The number of carbonyl (C=O) groups excluding carboxylic acids is 1. The average molecular weight is 343 g/mol. The van der Waals surface area contributed by atoms with Crippen molar-refractivity contribution in [3.63, 3.8) is 0 Å². The molecule has 0 unspecified atom stereocenters. The molecule has 1 fully saturated rings. The summed E-state index contributed by atoms with van der Waals surface area (Å²) in [7, 11) is 4.12. The first-order chi connectivity index (χ1) is 10.5. The zero-order chi connectivity index (χ0) is 16.2. The van der Waals surface area contributed by atoms with Crippen molar-refractivity contribution in [1.29, 1.82) is 0 Å². The molecule has 0 radical (unpaired) electrons. The Labute approximate surface area is 143 Å². The van der Waals surface area contributed by atoms with Gasteiger partial charge in [-0.05, 0) is 64.0 Å². The molecule has 1 N–H and O–H groups in total. The van der Waals surface area contributed by atoms with Gasteiger partial charge >= 0.3 is 0 Å². The van der Waals surface area contributed by atoms with Gasteiger partial charge in [0.25, 0.3) is 0 Å². The highest BCUT2D eigenvalue weighted by Gasteiger charge is 2.46. The minimum absolute atomic E-state index is 0.104. The van der Waals surface area contributed by atoms with Crippen LogP contribution in [0.15, 0.2) is 18.2 Å². The van der Waals surface area contributed by atoms with Crippen LogP contribution in [0.25, 0.3) is 0 Å². The van der Waals surface area contributed by atoms with E-state index in [0.29, 0.717) is 10.0 Å². The van der Waals surface area contributed by atoms with Crippen LogP contribution in [-0.4, -0.2) is 38.0 Å². The van der Waals surface area contributed by atoms with Crippen molar-refractivity contribution in [3.8, 4) is 0 Å². The molecule has 0 bridgehead atoms. The number of halogens is 2. The van der Waals surface area contributed by atoms with E-state index in [4.69, 9.17) is 23.2 Å². The third-order valence-electron chi connectivity index (χ3n) is 4.41. The number of benzene rings is 1. The normalized spacial score (nSPS) is 16.4. The highest BCUT2D eigenvalue weighted by atomic mass is 35.5. The number of unbranched alkanes of at least 4 members (excludes halogenated alkanes) is 1. The zero-order valence-electron chi connectivity index (χ0n) is 13.3. The van der Waals surface area contributed by atoms with Gasteiger partial charge in [0.2, 0.25) is 5.91 Å². The summed E-state index contributed by atoms with van der Waals surface area (Å²) < 4.78 is 0. The van der Waals surface area contributed by atoms with Crippen LogP contribution in [0.2, 0.25) is 10.0 Å². The Balaban J connectivity index is 1.96. The zero-order valence-corrected chi connectivity index (χ0v) is 14.8. The van der Waals surface area contributed by atoms with Crippen LogP contribution >= 0.6 is 23.2 Å². The van der Waals surface area contributed by atoms with Crippen molar-refractivity contribution in [3.05, 3.63) is 33.8 Å². The molecule has 1 aromatic carbocycles. The number of amides is 1. The Kier molecular flexibility index (Phi) is 6.13. The first kappa shape index (κ1) is 17.6. The average Bonchev–Trinajstić information content (AvgIpc) is 2.39. The quantitative estimate of drug-likeness (QED) is 0.762. The molecular weight excluding hydrogens is 319 g/mol. The lowest BCUT2D eigenvalue weighted by Gasteiger charge is -2.41. The number of rotatable bonds is 7. The number of nitrogens with zero attached hydrogens (tertiary/aromatic N) is 1. The molecule has 0 spiro atoms. The smallest absolute Gasteiger partial charge is 0.230 e. The molecule has 1 aliphatic rings. The molecule has 122 valence electrons. The maximum absolute atomic E-state index is 12.7. The minimum Gasteiger partial charge on any atom is -0.355 e. The van der Waals surface area contributed by atoms with Crippen molar-refractivity contribution in [2.75, 3.05) is 27.2 Å². The van der Waals surface area contributed by atoms with Gasteiger partial charge in [-0.2, -0.15) is 0 Å². The van der Waals surface area contributed by atoms with Crippen LogP contribution in [0.5, 0.6) is 0 Å². The maximum Gasteiger partial charge on any atom is 0.230 e. The van der Waals surface area contributed by atoms with Gasteiger partial charge in [-0.25, -0.2) is 0 Å². The molecule has 0 saturated heterocycles. The van der Waals surface area contributed by atoms with Gasteiger partial charge in [0.15, 0.2) is 0 Å². The van der Waals surface area contributed by atoms with Gasteiger partial charge in [0, 0.05) is 16.6 Å². The van der Waals surface area contributed by atoms with Gasteiger partial charge in [-0.1, -0.05) is 35.7 Å². The van der Waals surface area contributed by atoms with E-state index < -0.39 is 5.41 Å². The van der Waals surface area contributed by atoms with E-state index in [1.54, 1.807) is 6.07 Å². The number of hydrogen-bond donors (Lipinski definition) is 1. The van der Waals surface area contributed by atoms with Crippen LogP contribution in [0.3, 0.4) is 0 Å². The fourth-order valence-electron chi connectivity index (χ4n) is 2.95. The number of hydrogen-bond acceptors (Lipinski definition) is 2. The van der Waals surface area contributed by atoms with Gasteiger partial charge in [-0.3, -0.25) is 4.79 Å². The summed E-state index contributed by atoms with van der Waals surface area (Å²) in [5, 5.41) is 4.29. The van der Waals surface area contributed by atoms with Crippen molar-refractivity contribution in [2.45, 2.75) is 37.5 Å². The predicted molar refractivity (Wildman–Crippen MR) is 92.8 cm³/mol. The summed E-state index contributed by atoms with van der Waals surface area (Å²) in [4.78, 5) is 14.8. The van der Waals surface area contributed by atoms with E-state index in [2.05, 4.69) is 24.3 Å². The Morgan fingerprint density at radius 1 is 1.27 bits per heavy atom. The highest BCUT2D eigenvalue weighted by molar-refractivity contribution is 6.35. The van der Waals surface area contributed by atoms with Gasteiger partial charge in [0.05, 0.1) is 5.41 Å². The lowest BCUT2D eigenvalue weighted by molar-refractivity contribution is -0.129. The third-order valence-corrected chi connectivity index (χ3v) is 4.95. The van der Waals surface area contributed by atoms with Crippen molar-refractivity contribution >= 4 is 29.1 Å². The SMILES string of the molecule is CN(C)CCCCNC(=O)C1(c2ccc(Cl)cc2Cl)CCC1. The van der Waals surface area contributed by atoms with Crippen LogP contribution < -0.4 is 5.32 Å². The Hall–Kier alpha value is -0.770. The second kappa shape index (κ2) is 7.67. The lowest BCUT2D eigenvalue weighted by Crippen LogP contribution is -2.49. The van der Waals surface area contributed by atoms with Crippen molar-refractivity contribution in [2.24, 2.45) is 0 Å². The largest absolute Gasteiger partial charge is 0.355 e. The van der Waals surface area contributed by atoms with E-state index >= 15 is 0 Å². The molecular formula is C17H24Cl2N2O. The summed E-state index contributed by atoms with van der Waals surface area (Å²) >= 11 is 12.3. The van der Waals surface area contributed by atoms with Crippen molar-refractivity contribution < 1.29 is 4.79 Å². The molecule has 3 nitrogen and oxygen atoms in total. The predicted octanol–water partition coefficient (Wildman–Crippen LogP) is 3.87. The van der Waals surface area contributed by atoms with E-state index in [0.717, 1.165) is 50.8 Å². The monoisotopic (exact) mass is 342 g/mol. The van der Waals surface area contributed by atoms with E-state index in [-0.39, 0.29) is 5.91 Å². The highest BCUT2D eigenvalue weighted by Crippen LogP contribution is 2.46. The van der Waals surface area contributed by atoms with E-state index in [1.165, 1.54) is 0 Å². The molecule has 0 aliphatic heterocycles. The summed E-state index contributed by atoms with van der Waals surface area (Å²) in [5.74, 6) is 0.104. The fraction of sp³-hybridized carbons (Fsp3) is 0.588. The molecule has 5 heteroatoms. The maximum atomic E-state index is 12.7. The summed E-state index contributed by atoms with van der Waals surface area (Å²) in [5.41, 5.74) is 0.457. The van der Waals surface area contributed by atoms with E-state index in [1.807, 2.05) is 12.1 Å². The molecule has 1 aliphatic carbocycles. The molecule has 0 aromatic heterocycles. The van der Waals surface area contributed by atoms with Gasteiger partial charge in [-0.15, -0.1) is 0 Å². The third kappa shape index (κ3) is 3.95. The van der Waals surface area contributed by atoms with Gasteiger partial charge in [0.1, 0.15) is 0 Å². The summed E-state index contributed by atoms with van der Waals surface area (Å²) in [6, 6.07) is 5.44. The van der Waals surface area contributed by atoms with Crippen LogP contribution in [0, 0.1) is 0 Å². The summed E-state index contributed by atoms with van der Waals surface area (Å²) in [6.45, 7) is 1.77. The fourth-order valence-corrected chi connectivity index (χ4v) is 3.54. The Bertz CT molecular complexity index is 527.